The summed E-state index contributed by atoms with van der Waals surface area (Å²) in [5, 5.41) is 0. The minimum atomic E-state index is -0.337. The zero-order valence-corrected chi connectivity index (χ0v) is 14.8. The number of aldehydes is 1. The SMILES string of the molecule is CCOC1=CC2=CC[C@@H]3[C@H](CC[C@]4(C)C(=O)CC[C@@H]34)[C@@]2(C=O)CC1. The summed E-state index contributed by atoms with van der Waals surface area (Å²) in [6, 6.07) is 0. The van der Waals surface area contributed by atoms with E-state index in [0.717, 1.165) is 50.7 Å². The quantitative estimate of drug-likeness (QED) is 0.728. The molecule has 2 saturated carbocycles. The number of hydrogen-bond acceptors (Lipinski definition) is 3. The second-order valence-electron chi connectivity index (χ2n) is 8.39. The van der Waals surface area contributed by atoms with Crippen LogP contribution in [0.1, 0.15) is 58.8 Å². The summed E-state index contributed by atoms with van der Waals surface area (Å²) < 4.78 is 5.72. The van der Waals surface area contributed by atoms with E-state index < -0.39 is 0 Å². The van der Waals surface area contributed by atoms with Crippen molar-refractivity contribution in [3.8, 4) is 0 Å². The maximum absolute atomic E-state index is 12.4. The second-order valence-corrected chi connectivity index (χ2v) is 8.39. The van der Waals surface area contributed by atoms with Crippen LogP contribution in [-0.4, -0.2) is 18.7 Å². The van der Waals surface area contributed by atoms with E-state index in [1.807, 2.05) is 6.92 Å². The van der Waals surface area contributed by atoms with Crippen molar-refractivity contribution in [1.82, 2.24) is 0 Å². The second kappa shape index (κ2) is 5.57. The Morgan fingerprint density at radius 2 is 2.08 bits per heavy atom. The molecule has 0 aromatic rings. The van der Waals surface area contributed by atoms with Gasteiger partial charge in [0.05, 0.1) is 17.8 Å². The number of hydrogen-bond donors (Lipinski definition) is 0. The van der Waals surface area contributed by atoms with E-state index in [9.17, 15) is 9.59 Å². The first-order chi connectivity index (χ1) is 11.5. The summed E-state index contributed by atoms with van der Waals surface area (Å²) in [5.74, 6) is 2.85. The molecule has 0 aliphatic heterocycles. The maximum Gasteiger partial charge on any atom is 0.139 e. The Morgan fingerprint density at radius 1 is 1.25 bits per heavy atom. The van der Waals surface area contributed by atoms with Crippen LogP contribution < -0.4 is 0 Å². The Balaban J connectivity index is 1.71. The molecule has 0 unspecified atom stereocenters. The lowest BCUT2D eigenvalue weighted by Gasteiger charge is -2.54. The molecule has 0 saturated heterocycles. The molecule has 3 heteroatoms. The summed E-state index contributed by atoms with van der Waals surface area (Å²) in [7, 11) is 0. The van der Waals surface area contributed by atoms with Gasteiger partial charge in [-0.05, 0) is 68.4 Å². The molecular weight excluding hydrogens is 300 g/mol. The van der Waals surface area contributed by atoms with Gasteiger partial charge in [0.1, 0.15) is 12.1 Å². The highest BCUT2D eigenvalue weighted by atomic mass is 16.5. The zero-order valence-electron chi connectivity index (χ0n) is 14.8. The van der Waals surface area contributed by atoms with Gasteiger partial charge in [-0.3, -0.25) is 4.79 Å². The predicted octanol–water partition coefficient (Wildman–Crippen LogP) is 4.23. The monoisotopic (exact) mass is 328 g/mol. The molecule has 0 N–H and O–H groups in total. The van der Waals surface area contributed by atoms with Crippen molar-refractivity contribution in [3.63, 3.8) is 0 Å². The number of ketones is 1. The van der Waals surface area contributed by atoms with E-state index in [2.05, 4.69) is 19.1 Å². The molecule has 4 aliphatic carbocycles. The van der Waals surface area contributed by atoms with Gasteiger partial charge in [-0.15, -0.1) is 0 Å². The molecule has 24 heavy (non-hydrogen) atoms. The van der Waals surface area contributed by atoms with Crippen LogP contribution in [0, 0.1) is 28.6 Å². The van der Waals surface area contributed by atoms with E-state index in [-0.39, 0.29) is 10.8 Å². The highest BCUT2D eigenvalue weighted by Gasteiger charge is 2.59. The topological polar surface area (TPSA) is 43.4 Å². The van der Waals surface area contributed by atoms with Gasteiger partial charge in [0, 0.05) is 18.3 Å². The third-order valence-electron chi connectivity index (χ3n) is 7.60. The molecule has 0 aromatic heterocycles. The smallest absolute Gasteiger partial charge is 0.139 e. The number of Topliss-reactive ketones (excluding diaryl/α,β-unsaturated/α-hetero) is 1. The van der Waals surface area contributed by atoms with Crippen LogP contribution in [0.4, 0.5) is 0 Å². The van der Waals surface area contributed by atoms with Crippen molar-refractivity contribution in [2.45, 2.75) is 58.8 Å². The van der Waals surface area contributed by atoms with E-state index in [1.54, 1.807) is 0 Å². The van der Waals surface area contributed by atoms with Crippen LogP contribution in [-0.2, 0) is 14.3 Å². The standard InChI is InChI=1S/C21H28O3/c1-3-24-15-8-11-21(13-22)14(12-15)4-5-16-17-6-7-19(23)20(17,2)10-9-18(16)21/h4,12-13,16-18H,3,5-11H2,1-2H3/t16-,17-,18-,20-,21+/m0/s1. The molecule has 2 fully saturated rings. The molecule has 0 aromatic carbocycles. The number of ether oxygens (including phenoxy) is 1. The van der Waals surface area contributed by atoms with Crippen molar-refractivity contribution < 1.29 is 14.3 Å². The first kappa shape index (κ1) is 16.1. The highest BCUT2D eigenvalue weighted by molar-refractivity contribution is 5.87. The fourth-order valence-corrected chi connectivity index (χ4v) is 6.31. The van der Waals surface area contributed by atoms with Crippen LogP contribution >= 0.6 is 0 Å². The number of carbonyl (C=O) groups excluding carboxylic acids is 2. The summed E-state index contributed by atoms with van der Waals surface area (Å²) >= 11 is 0. The van der Waals surface area contributed by atoms with Crippen molar-refractivity contribution in [1.29, 1.82) is 0 Å². The Hall–Kier alpha value is -1.38. The number of rotatable bonds is 3. The molecule has 0 spiro atoms. The lowest BCUT2D eigenvalue weighted by atomic mass is 9.48. The van der Waals surface area contributed by atoms with E-state index in [0.29, 0.717) is 30.1 Å². The first-order valence-corrected chi connectivity index (χ1v) is 9.59. The number of allylic oxidation sites excluding steroid dienone is 4. The third kappa shape index (κ3) is 2.02. The maximum atomic E-state index is 12.4. The molecule has 0 amide bonds. The zero-order chi connectivity index (χ0) is 16.9. The summed E-state index contributed by atoms with van der Waals surface area (Å²) in [4.78, 5) is 24.7. The summed E-state index contributed by atoms with van der Waals surface area (Å²) in [6.45, 7) is 4.87. The van der Waals surface area contributed by atoms with Crippen LogP contribution in [0.5, 0.6) is 0 Å². The van der Waals surface area contributed by atoms with E-state index in [4.69, 9.17) is 4.74 Å². The molecule has 4 aliphatic rings. The summed E-state index contributed by atoms with van der Waals surface area (Å²) in [6.07, 6.45) is 12.1. The molecule has 0 heterocycles. The van der Waals surface area contributed by atoms with Gasteiger partial charge in [0.15, 0.2) is 0 Å². The largest absolute Gasteiger partial charge is 0.498 e. The Kier molecular flexibility index (Phi) is 3.74. The third-order valence-corrected chi connectivity index (χ3v) is 7.60. The molecular formula is C21H28O3. The van der Waals surface area contributed by atoms with Crippen molar-refractivity contribution in [3.05, 3.63) is 23.5 Å². The van der Waals surface area contributed by atoms with Crippen molar-refractivity contribution in [2.75, 3.05) is 6.61 Å². The van der Waals surface area contributed by atoms with Crippen LogP contribution in [0.2, 0.25) is 0 Å². The Labute approximate surface area is 144 Å². The van der Waals surface area contributed by atoms with Gasteiger partial charge < -0.3 is 9.53 Å². The normalized spacial score (nSPS) is 43.9. The Morgan fingerprint density at radius 3 is 2.83 bits per heavy atom. The summed E-state index contributed by atoms with van der Waals surface area (Å²) in [5.41, 5.74) is 0.718. The highest BCUT2D eigenvalue weighted by Crippen LogP contribution is 2.63. The van der Waals surface area contributed by atoms with E-state index in [1.165, 1.54) is 11.9 Å². The molecule has 0 radical (unpaired) electrons. The van der Waals surface area contributed by atoms with Gasteiger partial charge in [-0.25, -0.2) is 0 Å². The molecule has 130 valence electrons. The average Bonchev–Trinajstić information content (AvgIpc) is 2.90. The first-order valence-electron chi connectivity index (χ1n) is 9.59. The molecule has 0 bridgehead atoms. The Bertz CT molecular complexity index is 631. The minimum Gasteiger partial charge on any atom is -0.498 e. The van der Waals surface area contributed by atoms with Gasteiger partial charge in [-0.1, -0.05) is 13.0 Å². The number of fused-ring (bicyclic) bond motifs is 5. The fourth-order valence-electron chi connectivity index (χ4n) is 6.31. The number of carbonyl (C=O) groups is 2. The van der Waals surface area contributed by atoms with Gasteiger partial charge >= 0.3 is 0 Å². The predicted molar refractivity (Wildman–Crippen MR) is 92.2 cm³/mol. The van der Waals surface area contributed by atoms with Gasteiger partial charge in [0.25, 0.3) is 0 Å². The lowest BCUT2D eigenvalue weighted by molar-refractivity contribution is -0.133. The van der Waals surface area contributed by atoms with Crippen molar-refractivity contribution >= 4 is 12.1 Å². The van der Waals surface area contributed by atoms with Crippen molar-refractivity contribution in [2.24, 2.45) is 28.6 Å². The lowest BCUT2D eigenvalue weighted by Crippen LogP contribution is -2.51. The molecule has 5 atom stereocenters. The van der Waals surface area contributed by atoms with Crippen LogP contribution in [0.25, 0.3) is 0 Å². The van der Waals surface area contributed by atoms with Crippen LogP contribution in [0.15, 0.2) is 23.5 Å². The average molecular weight is 328 g/mol. The van der Waals surface area contributed by atoms with Gasteiger partial charge in [0.2, 0.25) is 0 Å². The van der Waals surface area contributed by atoms with Crippen LogP contribution in [0.3, 0.4) is 0 Å². The van der Waals surface area contributed by atoms with Gasteiger partial charge in [-0.2, -0.15) is 0 Å². The fraction of sp³-hybridized carbons (Fsp3) is 0.714. The molecule has 3 nitrogen and oxygen atoms in total. The minimum absolute atomic E-state index is 0.127. The molecule has 4 rings (SSSR count). The van der Waals surface area contributed by atoms with E-state index >= 15 is 0 Å².